The summed E-state index contributed by atoms with van der Waals surface area (Å²) in [6, 6.07) is 14.0. The number of aromatic nitrogens is 1. The van der Waals surface area contributed by atoms with Crippen LogP contribution in [0.4, 0.5) is 0 Å². The lowest BCUT2D eigenvalue weighted by Crippen LogP contribution is -2.35. The van der Waals surface area contributed by atoms with Gasteiger partial charge in [-0.1, -0.05) is 35.5 Å². The Morgan fingerprint density at radius 2 is 1.88 bits per heavy atom. The molecule has 0 spiro atoms. The van der Waals surface area contributed by atoms with Crippen molar-refractivity contribution in [2.45, 2.75) is 31.4 Å². The zero-order valence-electron chi connectivity index (χ0n) is 13.3. The first kappa shape index (κ1) is 14.9. The highest BCUT2D eigenvalue weighted by atomic mass is 16.6. The van der Waals surface area contributed by atoms with E-state index >= 15 is 0 Å². The second-order valence-corrected chi connectivity index (χ2v) is 6.18. The van der Waals surface area contributed by atoms with Crippen molar-refractivity contribution in [1.29, 1.82) is 0 Å². The smallest absolute Gasteiger partial charge is 0.272 e. The van der Waals surface area contributed by atoms with Gasteiger partial charge in [0.1, 0.15) is 5.71 Å². The van der Waals surface area contributed by atoms with E-state index in [0.717, 1.165) is 30.5 Å². The molecular formula is C19H19N3O2. The number of hydrogen-bond donors (Lipinski definition) is 0. The molecule has 1 aromatic carbocycles. The van der Waals surface area contributed by atoms with Crippen molar-refractivity contribution in [3.8, 4) is 0 Å². The average Bonchev–Trinajstić information content (AvgIpc) is 3.32. The predicted octanol–water partition coefficient (Wildman–Crippen LogP) is 3.26. The van der Waals surface area contributed by atoms with Crippen molar-refractivity contribution in [1.82, 2.24) is 9.88 Å². The third kappa shape index (κ3) is 2.77. The van der Waals surface area contributed by atoms with Gasteiger partial charge in [-0.05, 0) is 36.1 Å². The maximum atomic E-state index is 12.9. The molecule has 0 saturated carbocycles. The quantitative estimate of drug-likeness (QED) is 0.872. The molecule has 1 fully saturated rings. The first-order valence-electron chi connectivity index (χ1n) is 8.31. The van der Waals surface area contributed by atoms with Gasteiger partial charge in [-0.25, -0.2) is 0 Å². The Bertz CT molecular complexity index is 746. The summed E-state index contributed by atoms with van der Waals surface area (Å²) in [4.78, 5) is 24.4. The monoisotopic (exact) mass is 321 g/mol. The fourth-order valence-corrected chi connectivity index (χ4v) is 3.46. The Hall–Kier alpha value is -2.69. The molecule has 3 heterocycles. The van der Waals surface area contributed by atoms with E-state index in [4.69, 9.17) is 4.84 Å². The van der Waals surface area contributed by atoms with E-state index in [0.29, 0.717) is 12.1 Å². The van der Waals surface area contributed by atoms with E-state index < -0.39 is 0 Å². The van der Waals surface area contributed by atoms with Crippen LogP contribution >= 0.6 is 0 Å². The molecule has 0 radical (unpaired) electrons. The summed E-state index contributed by atoms with van der Waals surface area (Å²) in [5, 5.41) is 4.08. The van der Waals surface area contributed by atoms with Crippen LogP contribution in [0.15, 0.2) is 60.0 Å². The summed E-state index contributed by atoms with van der Waals surface area (Å²) in [5.74, 6) is -0.00672. The van der Waals surface area contributed by atoms with Crippen LogP contribution in [0.2, 0.25) is 0 Å². The van der Waals surface area contributed by atoms with Crippen molar-refractivity contribution < 1.29 is 9.63 Å². The van der Waals surface area contributed by atoms with Gasteiger partial charge in [-0.15, -0.1) is 0 Å². The molecule has 122 valence electrons. The topological polar surface area (TPSA) is 54.8 Å². The highest BCUT2D eigenvalue weighted by molar-refractivity contribution is 6.39. The van der Waals surface area contributed by atoms with E-state index in [1.165, 1.54) is 0 Å². The molecule has 2 aliphatic heterocycles. The molecule has 5 nitrogen and oxygen atoms in total. The van der Waals surface area contributed by atoms with Gasteiger partial charge in [-0.3, -0.25) is 9.78 Å². The number of carbonyl (C=O) groups is 1. The molecular weight excluding hydrogens is 302 g/mol. The first-order chi connectivity index (χ1) is 11.8. The summed E-state index contributed by atoms with van der Waals surface area (Å²) in [5.41, 5.74) is 2.70. The lowest BCUT2D eigenvalue weighted by atomic mass is 10.0. The Labute approximate surface area is 141 Å². The van der Waals surface area contributed by atoms with Crippen LogP contribution in [0.5, 0.6) is 0 Å². The summed E-state index contributed by atoms with van der Waals surface area (Å²) in [7, 11) is 0. The molecule has 0 aliphatic carbocycles. The lowest BCUT2D eigenvalue weighted by Gasteiger charge is -2.24. The number of pyridine rings is 1. The molecule has 1 aromatic heterocycles. The Morgan fingerprint density at radius 1 is 1.08 bits per heavy atom. The Balaban J connectivity index is 1.48. The predicted molar refractivity (Wildman–Crippen MR) is 90.2 cm³/mol. The summed E-state index contributed by atoms with van der Waals surface area (Å²) < 4.78 is 0. The van der Waals surface area contributed by atoms with Crippen molar-refractivity contribution in [3.05, 3.63) is 66.0 Å². The molecule has 0 N–H and O–H groups in total. The number of nitrogens with zero attached hydrogens (tertiary/aromatic N) is 3. The molecule has 2 aromatic rings. The third-order valence-electron chi connectivity index (χ3n) is 4.69. The van der Waals surface area contributed by atoms with Gasteiger partial charge in [0.15, 0.2) is 6.10 Å². The number of oxime groups is 1. The minimum absolute atomic E-state index is 0.00672. The van der Waals surface area contributed by atoms with Crippen molar-refractivity contribution in [3.63, 3.8) is 0 Å². The molecule has 2 atom stereocenters. The zero-order valence-corrected chi connectivity index (χ0v) is 13.3. The zero-order chi connectivity index (χ0) is 16.4. The summed E-state index contributed by atoms with van der Waals surface area (Å²) in [6.07, 6.45) is 5.91. The minimum Gasteiger partial charge on any atom is -0.387 e. The maximum Gasteiger partial charge on any atom is 0.272 e. The molecule has 0 bridgehead atoms. The highest BCUT2D eigenvalue weighted by Gasteiger charge is 2.36. The summed E-state index contributed by atoms with van der Waals surface area (Å²) >= 11 is 0. The first-order valence-corrected chi connectivity index (χ1v) is 8.31. The number of carbonyl (C=O) groups excluding carboxylic acids is 1. The van der Waals surface area contributed by atoms with Gasteiger partial charge in [0.25, 0.3) is 5.91 Å². The van der Waals surface area contributed by atoms with Crippen LogP contribution in [0.25, 0.3) is 0 Å². The van der Waals surface area contributed by atoms with Crippen molar-refractivity contribution in [2.75, 3.05) is 6.54 Å². The molecule has 2 aliphatic rings. The fraction of sp³-hybridized carbons (Fsp3) is 0.316. The Morgan fingerprint density at radius 3 is 2.67 bits per heavy atom. The van der Waals surface area contributed by atoms with Crippen LogP contribution in [0.3, 0.4) is 0 Å². The van der Waals surface area contributed by atoms with Gasteiger partial charge in [-0.2, -0.15) is 0 Å². The molecule has 1 amide bonds. The van der Waals surface area contributed by atoms with E-state index in [9.17, 15) is 4.79 Å². The second kappa shape index (κ2) is 6.43. The van der Waals surface area contributed by atoms with Gasteiger partial charge in [0.2, 0.25) is 0 Å². The minimum atomic E-state index is -0.160. The van der Waals surface area contributed by atoms with E-state index in [1.54, 1.807) is 12.4 Å². The molecule has 1 saturated heterocycles. The number of benzene rings is 1. The Kier molecular flexibility index (Phi) is 3.99. The van der Waals surface area contributed by atoms with Gasteiger partial charge in [0, 0.05) is 25.4 Å². The van der Waals surface area contributed by atoms with Crippen LogP contribution in [-0.2, 0) is 9.63 Å². The number of likely N-dealkylation sites (tertiary alicyclic amines) is 1. The maximum absolute atomic E-state index is 12.9. The van der Waals surface area contributed by atoms with Crippen LogP contribution in [-0.4, -0.2) is 28.0 Å². The molecule has 5 heteroatoms. The van der Waals surface area contributed by atoms with Crippen LogP contribution in [0.1, 0.15) is 42.5 Å². The van der Waals surface area contributed by atoms with Crippen LogP contribution in [0, 0.1) is 0 Å². The van der Waals surface area contributed by atoms with E-state index in [-0.39, 0.29) is 18.1 Å². The fourth-order valence-electron chi connectivity index (χ4n) is 3.46. The largest absolute Gasteiger partial charge is 0.387 e. The standard InChI is InChI=1S/C19H19N3O2/c23-19(16-13-18(24-21-16)15-5-2-1-3-6-15)22-12-4-7-17(22)14-8-10-20-11-9-14/h1-3,5-6,8-11,17-18H,4,7,12-13H2/t17-,18-/m1/s1. The number of rotatable bonds is 3. The average molecular weight is 321 g/mol. The summed E-state index contributed by atoms with van der Waals surface area (Å²) in [6.45, 7) is 0.765. The lowest BCUT2D eigenvalue weighted by molar-refractivity contribution is -0.125. The number of hydrogen-bond acceptors (Lipinski definition) is 4. The van der Waals surface area contributed by atoms with Gasteiger partial charge in [0.05, 0.1) is 6.04 Å². The van der Waals surface area contributed by atoms with E-state index in [1.807, 2.05) is 47.4 Å². The normalized spacial score (nSPS) is 23.0. The molecule has 4 rings (SSSR count). The number of amides is 1. The molecule has 0 unspecified atom stereocenters. The van der Waals surface area contributed by atoms with Gasteiger partial charge < -0.3 is 9.74 Å². The van der Waals surface area contributed by atoms with Gasteiger partial charge >= 0.3 is 0 Å². The van der Waals surface area contributed by atoms with Crippen molar-refractivity contribution >= 4 is 11.6 Å². The van der Waals surface area contributed by atoms with E-state index in [2.05, 4.69) is 10.1 Å². The van der Waals surface area contributed by atoms with Crippen molar-refractivity contribution in [2.24, 2.45) is 5.16 Å². The third-order valence-corrected chi connectivity index (χ3v) is 4.69. The highest BCUT2D eigenvalue weighted by Crippen LogP contribution is 2.34. The molecule has 24 heavy (non-hydrogen) atoms. The SMILES string of the molecule is O=C(C1=NO[C@@H](c2ccccc2)C1)N1CCC[C@@H]1c1ccncc1. The van der Waals surface area contributed by atoms with Crippen LogP contribution < -0.4 is 0 Å². The second-order valence-electron chi connectivity index (χ2n) is 6.18.